The average molecular weight is 764 g/mol. The largest absolute Gasteiger partial charge is 0.508 e. The van der Waals surface area contributed by atoms with Crippen molar-refractivity contribution in [1.29, 1.82) is 0 Å². The smallest absolute Gasteiger partial charge is 0.336 e. The lowest BCUT2D eigenvalue weighted by Crippen LogP contribution is -2.59. The number of carboxylic acids is 1. The number of carboxylic acid groups (broad SMARTS) is 1. The quantitative estimate of drug-likeness (QED) is 0.0878. The summed E-state index contributed by atoms with van der Waals surface area (Å²) in [5, 5.41) is 33.0. The van der Waals surface area contributed by atoms with E-state index in [1.165, 1.54) is 24.3 Å². The van der Waals surface area contributed by atoms with Crippen molar-refractivity contribution in [3.63, 3.8) is 0 Å². The number of phenols is 1. The van der Waals surface area contributed by atoms with Crippen LogP contribution < -0.4 is 32.2 Å². The summed E-state index contributed by atoms with van der Waals surface area (Å²) in [6.07, 6.45) is -0.277. The van der Waals surface area contributed by atoms with E-state index >= 15 is 0 Å². The van der Waals surface area contributed by atoms with Gasteiger partial charge in [0.05, 0.1) is 6.42 Å². The summed E-state index contributed by atoms with van der Waals surface area (Å²) < 4.78 is 5.32. The summed E-state index contributed by atoms with van der Waals surface area (Å²) in [4.78, 5) is 90.4. The number of aliphatic carboxylic acids is 1. The number of aromatic hydroxyl groups is 1. The van der Waals surface area contributed by atoms with Crippen molar-refractivity contribution in [1.82, 2.24) is 21.3 Å². The van der Waals surface area contributed by atoms with Crippen molar-refractivity contribution in [2.45, 2.75) is 105 Å². The third-order valence-electron chi connectivity index (χ3n) is 8.74. The Morgan fingerprint density at radius 2 is 1.27 bits per heavy atom. The first-order valence-corrected chi connectivity index (χ1v) is 18.4. The maximum Gasteiger partial charge on any atom is 0.336 e. The van der Waals surface area contributed by atoms with Gasteiger partial charge in [-0.2, -0.15) is 0 Å². The number of nitrogens with one attached hydrogen (secondary N) is 5. The third kappa shape index (κ3) is 13.9. The van der Waals surface area contributed by atoms with Crippen molar-refractivity contribution in [3.05, 3.63) is 70.1 Å². The van der Waals surface area contributed by atoms with Crippen LogP contribution in [0.25, 0.3) is 11.0 Å². The van der Waals surface area contributed by atoms with Crippen molar-refractivity contribution in [3.8, 4) is 5.75 Å². The molecule has 0 saturated carbocycles. The molecule has 3 rings (SSSR count). The number of benzene rings is 2. The van der Waals surface area contributed by atoms with Gasteiger partial charge in [-0.25, -0.2) is 4.79 Å². The normalized spacial score (nSPS) is 13.5. The summed E-state index contributed by atoms with van der Waals surface area (Å²) in [6, 6.07) is 7.89. The predicted molar refractivity (Wildman–Crippen MR) is 206 cm³/mol. The Balaban J connectivity index is 1.83. The Bertz CT molecular complexity index is 1900. The highest BCUT2D eigenvalue weighted by Gasteiger charge is 2.33. The number of amides is 5. The molecule has 1 heterocycles. The summed E-state index contributed by atoms with van der Waals surface area (Å²) in [5.74, 6) is -4.85. The highest BCUT2D eigenvalue weighted by Crippen LogP contribution is 2.21. The molecule has 0 unspecified atom stereocenters. The fraction of sp³-hybridized carbons (Fsp3) is 0.475. The fourth-order valence-electron chi connectivity index (χ4n) is 5.92. The van der Waals surface area contributed by atoms with E-state index in [0.29, 0.717) is 22.2 Å². The molecule has 5 amide bonds. The molecule has 0 radical (unpaired) electrons. The van der Waals surface area contributed by atoms with E-state index < -0.39 is 77.6 Å². The zero-order valence-electron chi connectivity index (χ0n) is 32.4. The summed E-state index contributed by atoms with van der Waals surface area (Å²) >= 11 is 0. The number of carbonyl (C=O) groups excluding carboxylic acids is 5. The first-order chi connectivity index (χ1) is 25.8. The van der Waals surface area contributed by atoms with Gasteiger partial charge >= 0.3 is 11.6 Å². The highest BCUT2D eigenvalue weighted by atomic mass is 16.4. The lowest BCUT2D eigenvalue weighted by molar-refractivity contribution is -0.139. The predicted octanol–water partition coefficient (Wildman–Crippen LogP) is 3.54. The van der Waals surface area contributed by atoms with Gasteiger partial charge in [0.2, 0.25) is 29.5 Å². The van der Waals surface area contributed by atoms with Gasteiger partial charge in [-0.15, -0.1) is 0 Å². The number of hydrogen-bond donors (Lipinski definition) is 7. The van der Waals surface area contributed by atoms with E-state index in [9.17, 15) is 38.7 Å². The Hall–Kier alpha value is -5.73. The van der Waals surface area contributed by atoms with Crippen LogP contribution in [0.3, 0.4) is 0 Å². The molecule has 0 aliphatic heterocycles. The van der Waals surface area contributed by atoms with E-state index in [2.05, 4.69) is 26.6 Å². The first-order valence-electron chi connectivity index (χ1n) is 18.4. The van der Waals surface area contributed by atoms with E-state index in [4.69, 9.17) is 9.52 Å². The van der Waals surface area contributed by atoms with Crippen LogP contribution in [0.1, 0.15) is 78.4 Å². The Morgan fingerprint density at radius 3 is 1.85 bits per heavy atom. The van der Waals surface area contributed by atoms with E-state index in [1.54, 1.807) is 45.0 Å². The molecular weight excluding hydrogens is 710 g/mol. The zero-order chi connectivity index (χ0) is 41.0. The second kappa shape index (κ2) is 20.1. The van der Waals surface area contributed by atoms with E-state index in [0.717, 1.165) is 0 Å². The van der Waals surface area contributed by atoms with E-state index in [-0.39, 0.29) is 48.9 Å². The molecule has 4 atom stereocenters. The number of anilines is 1. The topological polar surface area (TPSA) is 233 Å². The van der Waals surface area contributed by atoms with Crippen LogP contribution in [-0.2, 0) is 35.2 Å². The number of fused-ring (bicyclic) bond motifs is 1. The molecular formula is C40H53N5O10. The van der Waals surface area contributed by atoms with Crippen LogP contribution in [0.15, 0.2) is 57.7 Å². The molecule has 15 heteroatoms. The molecule has 298 valence electrons. The lowest BCUT2D eigenvalue weighted by Gasteiger charge is -2.29. The minimum atomic E-state index is -1.16. The molecule has 0 saturated heterocycles. The van der Waals surface area contributed by atoms with Crippen molar-refractivity contribution in [2.75, 3.05) is 5.32 Å². The number of carbonyl (C=O) groups is 6. The van der Waals surface area contributed by atoms with Crippen molar-refractivity contribution >= 4 is 52.2 Å². The van der Waals surface area contributed by atoms with Gasteiger partial charge in [0.25, 0.3) is 0 Å². The Kier molecular flexibility index (Phi) is 16.0. The van der Waals surface area contributed by atoms with Crippen LogP contribution in [0.2, 0.25) is 0 Å². The van der Waals surface area contributed by atoms with Gasteiger partial charge in [-0.05, 0) is 72.9 Å². The van der Waals surface area contributed by atoms with Crippen LogP contribution in [-0.4, -0.2) is 69.9 Å². The average Bonchev–Trinajstić information content (AvgIpc) is 3.08. The van der Waals surface area contributed by atoms with Gasteiger partial charge < -0.3 is 41.2 Å². The molecule has 2 aromatic carbocycles. The Labute approximate surface area is 320 Å². The number of rotatable bonds is 19. The molecule has 7 N–H and O–H groups in total. The summed E-state index contributed by atoms with van der Waals surface area (Å²) in [7, 11) is 0. The number of aryl methyl sites for hydroxylation is 1. The van der Waals surface area contributed by atoms with Gasteiger partial charge in [0.1, 0.15) is 35.5 Å². The molecule has 0 spiro atoms. The van der Waals surface area contributed by atoms with Crippen molar-refractivity contribution in [2.24, 2.45) is 17.8 Å². The molecule has 0 bridgehead atoms. The molecule has 15 nitrogen and oxygen atoms in total. The number of phenolic OH excluding ortho intramolecular Hbond substituents is 1. The summed E-state index contributed by atoms with van der Waals surface area (Å²) in [5.41, 5.74) is 1.36. The van der Waals surface area contributed by atoms with Crippen molar-refractivity contribution < 1.29 is 43.4 Å². The lowest BCUT2D eigenvalue weighted by atomic mass is 9.98. The van der Waals surface area contributed by atoms with Crippen LogP contribution in [0, 0.1) is 24.7 Å². The SMILES string of the molecule is Cc1cc(=O)oc2cc(NC(=O)[C@H](Cc3ccc(O)cc3)NC(=O)[C@H](NC(=O)[C@@H](CC(C)C)NC(=O)[C@H](CC(C)C)NC(=O)CCC(=O)O)C(C)C)ccc12. The maximum absolute atomic E-state index is 13.9. The van der Waals surface area contributed by atoms with Gasteiger partial charge in [-0.1, -0.05) is 53.7 Å². The molecule has 0 aliphatic carbocycles. The molecule has 55 heavy (non-hydrogen) atoms. The third-order valence-corrected chi connectivity index (χ3v) is 8.74. The van der Waals surface area contributed by atoms with Gasteiger partial charge in [0, 0.05) is 36.0 Å². The minimum Gasteiger partial charge on any atom is -0.508 e. The zero-order valence-corrected chi connectivity index (χ0v) is 32.4. The van der Waals surface area contributed by atoms with Crippen LogP contribution in [0.5, 0.6) is 5.75 Å². The fourth-order valence-corrected chi connectivity index (χ4v) is 5.92. The molecule has 1 aromatic heterocycles. The standard InChI is InChI=1S/C40H53N5O10/c1-21(2)16-29(42-33(47)14-15-34(48)49)38(52)43-30(17-22(3)4)39(53)45-36(23(5)6)40(54)44-31(19-25-8-11-27(46)12-9-25)37(51)41-26-10-13-28-24(7)18-35(50)55-32(28)20-26/h8-13,18,20-23,29-31,36,46H,14-17,19H2,1-7H3,(H,41,51)(H,42,47)(H,43,52)(H,44,54)(H,45,53)(H,48,49)/t29-,30+,31-,36+/m0/s1. The van der Waals surface area contributed by atoms with E-state index in [1.807, 2.05) is 27.7 Å². The molecule has 0 fully saturated rings. The maximum atomic E-state index is 13.9. The Morgan fingerprint density at radius 1 is 0.691 bits per heavy atom. The molecule has 3 aromatic rings. The van der Waals surface area contributed by atoms with Crippen LogP contribution in [0.4, 0.5) is 5.69 Å². The second-order valence-corrected chi connectivity index (χ2v) is 14.9. The number of hydrogen-bond acceptors (Lipinski definition) is 9. The van der Waals surface area contributed by atoms with Crippen LogP contribution >= 0.6 is 0 Å². The first kappa shape index (κ1) is 43.7. The monoisotopic (exact) mass is 763 g/mol. The van der Waals surface area contributed by atoms with Gasteiger partial charge in [0.15, 0.2) is 0 Å². The molecule has 0 aliphatic rings. The second-order valence-electron chi connectivity index (χ2n) is 14.9. The highest BCUT2D eigenvalue weighted by molar-refractivity contribution is 6.00. The minimum absolute atomic E-state index is 0.0137. The summed E-state index contributed by atoms with van der Waals surface area (Å²) in [6.45, 7) is 12.6. The van der Waals surface area contributed by atoms with Gasteiger partial charge in [-0.3, -0.25) is 28.8 Å².